The van der Waals surface area contributed by atoms with Crippen molar-refractivity contribution >= 4 is 22.5 Å². The number of pyridine rings is 1. The molecule has 2 aliphatic heterocycles. The Balaban J connectivity index is 1.46. The van der Waals surface area contributed by atoms with Crippen LogP contribution in [-0.4, -0.2) is 73.3 Å². The quantitative estimate of drug-likeness (QED) is 0.560. The van der Waals surface area contributed by atoms with Gasteiger partial charge < -0.3 is 25.7 Å². The minimum atomic E-state index is -0.438. The lowest BCUT2D eigenvalue weighted by molar-refractivity contribution is 0.0341. The molecule has 0 radical (unpaired) electrons. The van der Waals surface area contributed by atoms with E-state index in [1.54, 1.807) is 0 Å². The van der Waals surface area contributed by atoms with Crippen molar-refractivity contribution in [1.82, 2.24) is 20.2 Å². The van der Waals surface area contributed by atoms with Crippen LogP contribution < -0.4 is 16.0 Å². The summed E-state index contributed by atoms with van der Waals surface area (Å²) in [5, 5.41) is 4.30. The highest BCUT2D eigenvalue weighted by Gasteiger charge is 2.24. The van der Waals surface area contributed by atoms with Crippen molar-refractivity contribution in [3.8, 4) is 11.4 Å². The summed E-state index contributed by atoms with van der Waals surface area (Å²) in [5.74, 6) is -0.438. The van der Waals surface area contributed by atoms with E-state index in [-0.39, 0.29) is 0 Å². The number of amides is 1. The van der Waals surface area contributed by atoms with Crippen molar-refractivity contribution in [2.24, 2.45) is 5.73 Å². The lowest BCUT2D eigenvalue weighted by atomic mass is 10.1. The molecule has 162 valence electrons. The number of aromatic nitrogens is 2. The number of rotatable bonds is 6. The van der Waals surface area contributed by atoms with E-state index >= 15 is 0 Å². The van der Waals surface area contributed by atoms with Crippen LogP contribution in [0, 0.1) is 0 Å². The largest absolute Gasteiger partial charge is 0.379 e. The van der Waals surface area contributed by atoms with Crippen LogP contribution in [0.25, 0.3) is 22.3 Å². The van der Waals surface area contributed by atoms with Gasteiger partial charge in [0.2, 0.25) is 0 Å². The number of carbonyl (C=O) groups is 1. The summed E-state index contributed by atoms with van der Waals surface area (Å²) >= 11 is 0. The molecule has 3 aromatic rings. The Kier molecular flexibility index (Phi) is 5.35. The molecule has 2 saturated heterocycles. The molecular weight excluding hydrogens is 392 g/mol. The third-order valence-corrected chi connectivity index (χ3v) is 6.33. The zero-order valence-electron chi connectivity index (χ0n) is 17.7. The van der Waals surface area contributed by atoms with Gasteiger partial charge in [-0.3, -0.25) is 14.7 Å². The van der Waals surface area contributed by atoms with Crippen molar-refractivity contribution in [3.05, 3.63) is 47.7 Å². The van der Waals surface area contributed by atoms with E-state index < -0.39 is 5.91 Å². The zero-order chi connectivity index (χ0) is 21.4. The second-order valence-electron chi connectivity index (χ2n) is 8.33. The summed E-state index contributed by atoms with van der Waals surface area (Å²) in [4.78, 5) is 24.8. The van der Waals surface area contributed by atoms with Crippen LogP contribution in [0.15, 0.2) is 36.5 Å². The van der Waals surface area contributed by atoms with Crippen molar-refractivity contribution in [1.29, 1.82) is 0 Å². The number of hydrogen-bond donors (Lipinski definition) is 3. The number of carbonyl (C=O) groups excluding carboxylic acids is 1. The first-order valence-corrected chi connectivity index (χ1v) is 10.7. The maximum Gasteiger partial charge on any atom is 0.250 e. The fourth-order valence-corrected chi connectivity index (χ4v) is 4.29. The van der Waals surface area contributed by atoms with Gasteiger partial charge >= 0.3 is 0 Å². The van der Waals surface area contributed by atoms with Gasteiger partial charge in [-0.15, -0.1) is 0 Å². The van der Waals surface area contributed by atoms with Crippen molar-refractivity contribution < 1.29 is 9.53 Å². The van der Waals surface area contributed by atoms with E-state index in [0.29, 0.717) is 11.6 Å². The fraction of sp³-hybridized carbons (Fsp3) is 0.391. The van der Waals surface area contributed by atoms with Crippen molar-refractivity contribution in [2.45, 2.75) is 12.6 Å². The summed E-state index contributed by atoms with van der Waals surface area (Å²) in [6, 6.07) is 10.5. The number of fused-ring (bicyclic) bond motifs is 1. The van der Waals surface area contributed by atoms with Crippen LogP contribution in [0.5, 0.6) is 0 Å². The Bertz CT molecular complexity index is 1080. The molecule has 0 saturated carbocycles. The number of benzene rings is 1. The Morgan fingerprint density at radius 1 is 1.26 bits per heavy atom. The zero-order valence-corrected chi connectivity index (χ0v) is 17.7. The van der Waals surface area contributed by atoms with E-state index in [2.05, 4.69) is 39.3 Å². The molecule has 0 atom stereocenters. The fourth-order valence-electron chi connectivity index (χ4n) is 4.29. The van der Waals surface area contributed by atoms with Gasteiger partial charge in [-0.05, 0) is 29.8 Å². The molecule has 4 heterocycles. The average Bonchev–Trinajstić information content (AvgIpc) is 3.18. The lowest BCUT2D eigenvalue weighted by Crippen LogP contribution is -2.56. The molecule has 2 aromatic heterocycles. The average molecular weight is 421 g/mol. The number of hydrogen-bond acceptors (Lipinski definition) is 6. The predicted octanol–water partition coefficient (Wildman–Crippen LogP) is 1.57. The number of nitrogens with zero attached hydrogens (tertiary/aromatic N) is 3. The van der Waals surface area contributed by atoms with Gasteiger partial charge in [0.15, 0.2) is 0 Å². The van der Waals surface area contributed by atoms with Crippen LogP contribution in [0.1, 0.15) is 15.9 Å². The van der Waals surface area contributed by atoms with Gasteiger partial charge in [0, 0.05) is 57.0 Å². The smallest absolute Gasteiger partial charge is 0.250 e. The number of primary amides is 1. The predicted molar refractivity (Wildman–Crippen MR) is 121 cm³/mol. The van der Waals surface area contributed by atoms with E-state index in [1.165, 1.54) is 5.56 Å². The number of morpholine rings is 1. The number of likely N-dealkylation sites (N-methyl/N-ethyl adjacent to an activating group) is 1. The third kappa shape index (κ3) is 3.89. The molecular formula is C23H28N6O2. The maximum atomic E-state index is 12.0. The van der Waals surface area contributed by atoms with Gasteiger partial charge in [0.1, 0.15) is 0 Å². The molecule has 0 unspecified atom stereocenters. The first-order valence-electron chi connectivity index (χ1n) is 10.7. The molecule has 0 bridgehead atoms. The molecule has 8 nitrogen and oxygen atoms in total. The molecule has 2 fully saturated rings. The molecule has 8 heteroatoms. The Hall–Kier alpha value is -2.94. The molecule has 4 N–H and O–H groups in total. The number of anilines is 1. The Morgan fingerprint density at radius 3 is 2.71 bits per heavy atom. The highest BCUT2D eigenvalue weighted by molar-refractivity contribution is 6.09. The van der Waals surface area contributed by atoms with Crippen LogP contribution in [0.2, 0.25) is 0 Å². The van der Waals surface area contributed by atoms with Gasteiger partial charge in [0.25, 0.3) is 5.91 Å². The third-order valence-electron chi connectivity index (χ3n) is 6.33. The molecule has 0 aliphatic carbocycles. The van der Waals surface area contributed by atoms with Crippen molar-refractivity contribution in [2.75, 3.05) is 51.3 Å². The monoisotopic (exact) mass is 420 g/mol. The standard InChI is InChI=1S/C23H28N6O2/c1-28(16-12-25-13-16)21-5-3-17(23(24)30)22-18(21)10-20(27-22)19-4-2-15(11-26-19)14-29-6-8-31-9-7-29/h2-5,10-11,16,25,27H,6-9,12-14H2,1H3,(H2,24,30). The van der Waals surface area contributed by atoms with E-state index in [4.69, 9.17) is 15.5 Å². The molecule has 31 heavy (non-hydrogen) atoms. The number of nitrogens with two attached hydrogens (primary N) is 1. The molecule has 1 aromatic carbocycles. The molecule has 5 rings (SSSR count). The second kappa shape index (κ2) is 8.30. The molecule has 2 aliphatic rings. The van der Waals surface area contributed by atoms with E-state index in [0.717, 1.165) is 73.9 Å². The SMILES string of the molecule is CN(c1ccc(C(N)=O)c2[nH]c(-c3ccc(CN4CCOCC4)cn3)cc12)C1CNC1. The van der Waals surface area contributed by atoms with Crippen LogP contribution >= 0.6 is 0 Å². The molecule has 0 spiro atoms. The minimum absolute atomic E-state index is 0.438. The first kappa shape index (κ1) is 20.0. The highest BCUT2D eigenvalue weighted by Crippen LogP contribution is 2.34. The van der Waals surface area contributed by atoms with Crippen LogP contribution in [0.3, 0.4) is 0 Å². The number of aromatic amines is 1. The highest BCUT2D eigenvalue weighted by atomic mass is 16.5. The summed E-state index contributed by atoms with van der Waals surface area (Å²) in [7, 11) is 2.09. The molecule has 1 amide bonds. The van der Waals surface area contributed by atoms with Crippen LogP contribution in [-0.2, 0) is 11.3 Å². The number of H-pyrrole nitrogens is 1. The van der Waals surface area contributed by atoms with E-state index in [1.807, 2.05) is 24.4 Å². The first-order chi connectivity index (χ1) is 15.1. The summed E-state index contributed by atoms with van der Waals surface area (Å²) in [5.41, 5.74) is 10.9. The van der Waals surface area contributed by atoms with Gasteiger partial charge in [-0.2, -0.15) is 0 Å². The van der Waals surface area contributed by atoms with Gasteiger partial charge in [-0.1, -0.05) is 6.07 Å². The number of ether oxygens (including phenoxy) is 1. The maximum absolute atomic E-state index is 12.0. The normalized spacial score (nSPS) is 17.6. The summed E-state index contributed by atoms with van der Waals surface area (Å²) in [6.45, 7) is 6.27. The Morgan fingerprint density at radius 2 is 2.06 bits per heavy atom. The van der Waals surface area contributed by atoms with Gasteiger partial charge in [-0.25, -0.2) is 0 Å². The summed E-state index contributed by atoms with van der Waals surface area (Å²) < 4.78 is 5.42. The second-order valence-corrected chi connectivity index (χ2v) is 8.33. The van der Waals surface area contributed by atoms with Gasteiger partial charge in [0.05, 0.1) is 41.7 Å². The minimum Gasteiger partial charge on any atom is -0.379 e. The lowest BCUT2D eigenvalue weighted by Gasteiger charge is -2.37. The summed E-state index contributed by atoms with van der Waals surface area (Å²) in [6.07, 6.45) is 1.93. The topological polar surface area (TPSA) is 99.5 Å². The number of nitrogens with one attached hydrogen (secondary N) is 2. The Labute approximate surface area is 181 Å². The van der Waals surface area contributed by atoms with E-state index in [9.17, 15) is 4.79 Å². The van der Waals surface area contributed by atoms with Crippen LogP contribution in [0.4, 0.5) is 5.69 Å². The van der Waals surface area contributed by atoms with Crippen molar-refractivity contribution in [3.63, 3.8) is 0 Å².